The van der Waals surface area contributed by atoms with E-state index in [1.54, 1.807) is 36.5 Å². The van der Waals surface area contributed by atoms with E-state index in [1.165, 1.54) is 5.56 Å². The van der Waals surface area contributed by atoms with Gasteiger partial charge in [0.1, 0.15) is 5.82 Å². The van der Waals surface area contributed by atoms with Gasteiger partial charge in [-0.1, -0.05) is 73.7 Å². The first-order valence-electron chi connectivity index (χ1n) is 12.4. The van der Waals surface area contributed by atoms with Crippen molar-refractivity contribution < 1.29 is 19.5 Å². The smallest absolute Gasteiger partial charge is 0.324 e. The number of nitrogens with one attached hydrogen (secondary N) is 2. The maximum absolute atomic E-state index is 12.8. The lowest BCUT2D eigenvalue weighted by Crippen LogP contribution is -2.20. The first-order valence-corrected chi connectivity index (χ1v) is 12.4. The van der Waals surface area contributed by atoms with Crippen LogP contribution in [0.4, 0.5) is 16.3 Å². The van der Waals surface area contributed by atoms with Gasteiger partial charge < -0.3 is 10.4 Å². The number of pyridine rings is 1. The quantitative estimate of drug-likeness (QED) is 0.213. The van der Waals surface area contributed by atoms with Crippen molar-refractivity contribution in [3.63, 3.8) is 0 Å². The van der Waals surface area contributed by atoms with Crippen LogP contribution in [0.3, 0.4) is 0 Å². The standard InChI is InChI=1S/C31H29N3O4/c1-2-21-8-15-27(16-9-21)33-31(38)34-29-17-14-25(20-32-29)23-10-12-24(13-11-23)28(35)19-26(30(36)37)18-22-6-4-3-5-7-22/h3-17,20,26H,2,18-19H2,1H3,(H,36,37)(H2,32,33,34,38). The molecule has 0 fully saturated rings. The molecule has 0 aliphatic heterocycles. The lowest BCUT2D eigenvalue weighted by Gasteiger charge is -2.12. The van der Waals surface area contributed by atoms with Crippen molar-refractivity contribution in [1.82, 2.24) is 4.98 Å². The highest BCUT2D eigenvalue weighted by Gasteiger charge is 2.22. The fraction of sp³-hybridized carbons (Fsp3) is 0.161. The molecular weight excluding hydrogens is 478 g/mol. The van der Waals surface area contributed by atoms with E-state index < -0.39 is 11.9 Å². The Morgan fingerprint density at radius 2 is 1.47 bits per heavy atom. The molecule has 0 aliphatic rings. The summed E-state index contributed by atoms with van der Waals surface area (Å²) in [5.41, 5.74) is 4.90. The summed E-state index contributed by atoms with van der Waals surface area (Å²) in [6.07, 6.45) is 2.80. The van der Waals surface area contributed by atoms with Crippen LogP contribution < -0.4 is 10.6 Å². The molecule has 0 saturated carbocycles. The minimum Gasteiger partial charge on any atom is -0.481 e. The Morgan fingerprint density at radius 1 is 0.789 bits per heavy atom. The summed E-state index contributed by atoms with van der Waals surface area (Å²) in [5, 5.41) is 15.1. The molecule has 1 aromatic heterocycles. The molecule has 7 nitrogen and oxygen atoms in total. The molecule has 4 aromatic rings. The second-order valence-corrected chi connectivity index (χ2v) is 8.99. The Bertz CT molecular complexity index is 1380. The largest absolute Gasteiger partial charge is 0.481 e. The highest BCUT2D eigenvalue weighted by molar-refractivity contribution is 5.99. The summed E-state index contributed by atoms with van der Waals surface area (Å²) in [6.45, 7) is 2.07. The highest BCUT2D eigenvalue weighted by atomic mass is 16.4. The number of aromatic nitrogens is 1. The van der Waals surface area contributed by atoms with Crippen LogP contribution in [0.1, 0.15) is 34.8 Å². The summed E-state index contributed by atoms with van der Waals surface area (Å²) in [7, 11) is 0. The van der Waals surface area contributed by atoms with Crippen molar-refractivity contribution in [1.29, 1.82) is 0 Å². The number of anilines is 2. The highest BCUT2D eigenvalue weighted by Crippen LogP contribution is 2.22. The number of hydrogen-bond donors (Lipinski definition) is 3. The summed E-state index contributed by atoms with van der Waals surface area (Å²) in [6, 6.07) is 27.1. The topological polar surface area (TPSA) is 108 Å². The molecule has 0 spiro atoms. The number of urea groups is 1. The number of amides is 2. The van der Waals surface area contributed by atoms with Gasteiger partial charge in [-0.25, -0.2) is 9.78 Å². The van der Waals surface area contributed by atoms with E-state index in [-0.39, 0.29) is 18.2 Å². The minimum atomic E-state index is -0.985. The van der Waals surface area contributed by atoms with Gasteiger partial charge in [0.25, 0.3) is 0 Å². The number of carbonyl (C=O) groups excluding carboxylic acids is 2. The van der Waals surface area contributed by atoms with E-state index in [0.29, 0.717) is 23.5 Å². The van der Waals surface area contributed by atoms with Gasteiger partial charge in [-0.05, 0) is 53.8 Å². The number of carboxylic acids is 1. The van der Waals surface area contributed by atoms with Crippen molar-refractivity contribution in [2.75, 3.05) is 10.6 Å². The third kappa shape index (κ3) is 7.13. The van der Waals surface area contributed by atoms with Crippen LogP contribution >= 0.6 is 0 Å². The first kappa shape index (κ1) is 26.3. The summed E-state index contributed by atoms with van der Waals surface area (Å²) in [4.78, 5) is 41.1. The van der Waals surface area contributed by atoms with E-state index >= 15 is 0 Å². The second-order valence-electron chi connectivity index (χ2n) is 8.99. The first-order chi connectivity index (χ1) is 18.4. The van der Waals surface area contributed by atoms with Gasteiger partial charge in [-0.3, -0.25) is 14.9 Å². The zero-order valence-corrected chi connectivity index (χ0v) is 21.1. The number of hydrogen-bond acceptors (Lipinski definition) is 4. The third-order valence-electron chi connectivity index (χ3n) is 6.27. The fourth-order valence-electron chi connectivity index (χ4n) is 4.08. The number of aliphatic carboxylic acids is 1. The zero-order chi connectivity index (χ0) is 26.9. The van der Waals surface area contributed by atoms with Gasteiger partial charge in [0, 0.05) is 29.4 Å². The molecule has 7 heteroatoms. The van der Waals surface area contributed by atoms with Gasteiger partial charge in [-0.2, -0.15) is 0 Å². The summed E-state index contributed by atoms with van der Waals surface area (Å²) >= 11 is 0. The molecule has 1 atom stereocenters. The molecule has 0 saturated heterocycles. The molecule has 192 valence electrons. The Kier molecular flexibility index (Phi) is 8.61. The van der Waals surface area contributed by atoms with E-state index in [2.05, 4.69) is 22.5 Å². The number of aryl methyl sites for hydroxylation is 1. The molecular formula is C31H29N3O4. The van der Waals surface area contributed by atoms with E-state index in [9.17, 15) is 19.5 Å². The van der Waals surface area contributed by atoms with Crippen LogP contribution in [-0.4, -0.2) is 27.9 Å². The van der Waals surface area contributed by atoms with E-state index in [1.807, 2.05) is 60.7 Å². The number of carbonyl (C=O) groups is 3. The lowest BCUT2D eigenvalue weighted by atomic mass is 9.92. The van der Waals surface area contributed by atoms with Crippen LogP contribution in [0.15, 0.2) is 97.2 Å². The van der Waals surface area contributed by atoms with Crippen LogP contribution in [0, 0.1) is 5.92 Å². The maximum Gasteiger partial charge on any atom is 0.324 e. The van der Waals surface area contributed by atoms with Crippen molar-refractivity contribution in [2.45, 2.75) is 26.2 Å². The minimum absolute atomic E-state index is 0.0731. The SMILES string of the molecule is CCc1ccc(NC(=O)Nc2ccc(-c3ccc(C(=O)CC(Cc4ccccc4)C(=O)O)cc3)cn2)cc1. The van der Waals surface area contributed by atoms with Crippen molar-refractivity contribution in [2.24, 2.45) is 5.92 Å². The lowest BCUT2D eigenvalue weighted by molar-refractivity contribution is -0.141. The van der Waals surface area contributed by atoms with E-state index in [4.69, 9.17) is 0 Å². The molecule has 38 heavy (non-hydrogen) atoms. The monoisotopic (exact) mass is 507 g/mol. The normalized spacial score (nSPS) is 11.4. The number of ketones is 1. The van der Waals surface area contributed by atoms with Gasteiger partial charge in [0.15, 0.2) is 5.78 Å². The van der Waals surface area contributed by atoms with Gasteiger partial charge in [0.2, 0.25) is 0 Å². The van der Waals surface area contributed by atoms with Crippen molar-refractivity contribution >= 4 is 29.3 Å². The molecule has 1 heterocycles. The second kappa shape index (κ2) is 12.5. The number of Topliss-reactive ketones (excluding diaryl/α,β-unsaturated/α-hetero) is 1. The van der Waals surface area contributed by atoms with Crippen LogP contribution in [0.25, 0.3) is 11.1 Å². The Labute approximate surface area is 221 Å². The summed E-state index contributed by atoms with van der Waals surface area (Å²) in [5.74, 6) is -1.59. The molecule has 0 radical (unpaired) electrons. The third-order valence-corrected chi connectivity index (χ3v) is 6.27. The fourth-order valence-corrected chi connectivity index (χ4v) is 4.08. The number of carboxylic acid groups (broad SMARTS) is 1. The average Bonchev–Trinajstić information content (AvgIpc) is 2.94. The maximum atomic E-state index is 12.8. The van der Waals surface area contributed by atoms with Gasteiger partial charge in [-0.15, -0.1) is 0 Å². The van der Waals surface area contributed by atoms with Crippen molar-refractivity contribution in [3.05, 3.63) is 114 Å². The molecule has 4 rings (SSSR count). The number of benzene rings is 3. The molecule has 0 aliphatic carbocycles. The van der Waals surface area contributed by atoms with Crippen molar-refractivity contribution in [3.8, 4) is 11.1 Å². The Hall–Kier alpha value is -4.78. The molecule has 3 N–H and O–H groups in total. The predicted octanol–water partition coefficient (Wildman–Crippen LogP) is 6.47. The predicted molar refractivity (Wildman–Crippen MR) is 148 cm³/mol. The van der Waals surface area contributed by atoms with Gasteiger partial charge in [0.05, 0.1) is 5.92 Å². The summed E-state index contributed by atoms with van der Waals surface area (Å²) < 4.78 is 0. The zero-order valence-electron chi connectivity index (χ0n) is 21.1. The van der Waals surface area contributed by atoms with Crippen LogP contribution in [0.5, 0.6) is 0 Å². The molecule has 0 bridgehead atoms. The number of nitrogens with zero attached hydrogens (tertiary/aromatic N) is 1. The average molecular weight is 508 g/mol. The molecule has 1 unspecified atom stereocenters. The Balaban J connectivity index is 1.34. The van der Waals surface area contributed by atoms with Crippen LogP contribution in [0.2, 0.25) is 0 Å². The molecule has 2 amide bonds. The van der Waals surface area contributed by atoms with Gasteiger partial charge >= 0.3 is 12.0 Å². The number of rotatable bonds is 10. The van der Waals surface area contributed by atoms with E-state index in [0.717, 1.165) is 23.1 Å². The molecule has 3 aromatic carbocycles. The Morgan fingerprint density at radius 3 is 2.08 bits per heavy atom. The van der Waals surface area contributed by atoms with Crippen LogP contribution in [-0.2, 0) is 17.6 Å².